The molecule has 2 rings (SSSR count). The van der Waals surface area contributed by atoms with Crippen LogP contribution in [0.25, 0.3) is 0 Å². The number of methoxy groups -OCH3 is 1. The summed E-state index contributed by atoms with van der Waals surface area (Å²) in [4.78, 5) is 11.9. The summed E-state index contributed by atoms with van der Waals surface area (Å²) in [6.45, 7) is 1.10. The van der Waals surface area contributed by atoms with E-state index >= 15 is 0 Å². The lowest BCUT2D eigenvalue weighted by Crippen LogP contribution is -2.34. The Labute approximate surface area is 120 Å². The second-order valence-corrected chi connectivity index (χ2v) is 5.63. The van der Waals surface area contributed by atoms with Gasteiger partial charge in [-0.2, -0.15) is 0 Å². The van der Waals surface area contributed by atoms with Crippen molar-refractivity contribution in [1.29, 1.82) is 0 Å². The highest BCUT2D eigenvalue weighted by Crippen LogP contribution is 2.32. The van der Waals surface area contributed by atoms with E-state index in [1.165, 1.54) is 0 Å². The molecule has 0 radical (unpaired) electrons. The van der Waals surface area contributed by atoms with Gasteiger partial charge in [0.05, 0.1) is 18.6 Å². The molecule has 0 aliphatic heterocycles. The van der Waals surface area contributed by atoms with E-state index in [4.69, 9.17) is 4.74 Å². The lowest BCUT2D eigenvalue weighted by molar-refractivity contribution is -0.126. The Kier molecular flexibility index (Phi) is 5.15. The first-order chi connectivity index (χ1) is 9.61. The van der Waals surface area contributed by atoms with Gasteiger partial charge in [-0.3, -0.25) is 4.79 Å². The molecule has 1 amide bonds. The molecule has 2 N–H and O–H groups in total. The molecule has 1 aliphatic carbocycles. The van der Waals surface area contributed by atoms with E-state index in [9.17, 15) is 9.90 Å². The van der Waals surface area contributed by atoms with Crippen molar-refractivity contribution in [1.82, 2.24) is 5.32 Å². The lowest BCUT2D eigenvalue weighted by atomic mass is 9.97. The van der Waals surface area contributed by atoms with Crippen LogP contribution in [-0.4, -0.2) is 23.7 Å². The normalized spacial score (nSPS) is 17.1. The van der Waals surface area contributed by atoms with Gasteiger partial charge in [0, 0.05) is 13.7 Å². The van der Waals surface area contributed by atoms with Gasteiger partial charge in [0.25, 0.3) is 0 Å². The molecule has 1 aliphatic rings. The van der Waals surface area contributed by atoms with Crippen LogP contribution in [0.5, 0.6) is 0 Å². The third-order valence-electron chi connectivity index (χ3n) is 3.85. The van der Waals surface area contributed by atoms with Gasteiger partial charge in [-0.15, -0.1) is 0 Å². The molecule has 1 aromatic rings. The molecule has 0 saturated heterocycles. The molecule has 0 spiro atoms. The zero-order chi connectivity index (χ0) is 14.4. The van der Waals surface area contributed by atoms with Gasteiger partial charge < -0.3 is 15.2 Å². The first-order valence-corrected chi connectivity index (χ1v) is 7.17. The monoisotopic (exact) mass is 277 g/mol. The highest BCUT2D eigenvalue weighted by atomic mass is 16.5. The highest BCUT2D eigenvalue weighted by molar-refractivity contribution is 5.77. The number of benzene rings is 1. The molecule has 0 bridgehead atoms. The molecule has 110 valence electrons. The summed E-state index contributed by atoms with van der Waals surface area (Å²) >= 11 is 0. The van der Waals surface area contributed by atoms with Gasteiger partial charge in [-0.05, 0) is 24.0 Å². The van der Waals surface area contributed by atoms with Crippen LogP contribution < -0.4 is 5.32 Å². The van der Waals surface area contributed by atoms with Crippen LogP contribution in [0.3, 0.4) is 0 Å². The Morgan fingerprint density at radius 3 is 2.45 bits per heavy atom. The molecule has 0 unspecified atom stereocenters. The highest BCUT2D eigenvalue weighted by Gasteiger charge is 2.33. The van der Waals surface area contributed by atoms with Gasteiger partial charge in [-0.25, -0.2) is 0 Å². The van der Waals surface area contributed by atoms with E-state index in [1.54, 1.807) is 7.11 Å². The number of hydrogen-bond acceptors (Lipinski definition) is 3. The summed E-state index contributed by atoms with van der Waals surface area (Å²) in [6, 6.07) is 7.96. The van der Waals surface area contributed by atoms with Crippen LogP contribution in [0.1, 0.15) is 43.2 Å². The molecule has 0 atom stereocenters. The summed E-state index contributed by atoms with van der Waals surface area (Å²) in [5, 5.41) is 13.1. The topological polar surface area (TPSA) is 58.6 Å². The number of rotatable bonds is 6. The number of amides is 1. The van der Waals surface area contributed by atoms with Gasteiger partial charge in [0.15, 0.2) is 0 Å². The first kappa shape index (κ1) is 15.0. The van der Waals surface area contributed by atoms with Crippen molar-refractivity contribution in [3.05, 3.63) is 35.4 Å². The fourth-order valence-corrected chi connectivity index (χ4v) is 2.69. The summed E-state index contributed by atoms with van der Waals surface area (Å²) in [6.07, 6.45) is 3.74. The van der Waals surface area contributed by atoms with Crippen molar-refractivity contribution < 1.29 is 14.6 Å². The predicted molar refractivity (Wildman–Crippen MR) is 77.0 cm³/mol. The van der Waals surface area contributed by atoms with Crippen molar-refractivity contribution in [3.63, 3.8) is 0 Å². The minimum Gasteiger partial charge on any atom is -0.389 e. The fraction of sp³-hybridized carbons (Fsp3) is 0.562. The Morgan fingerprint density at radius 1 is 1.25 bits per heavy atom. The van der Waals surface area contributed by atoms with Crippen LogP contribution in [0.4, 0.5) is 0 Å². The maximum Gasteiger partial charge on any atom is 0.223 e. The number of carbonyl (C=O) groups is 1. The Bertz CT molecular complexity index is 436. The van der Waals surface area contributed by atoms with Crippen LogP contribution in [0.2, 0.25) is 0 Å². The van der Waals surface area contributed by atoms with Gasteiger partial charge in [0.2, 0.25) is 5.91 Å². The van der Waals surface area contributed by atoms with Crippen LogP contribution in [0.15, 0.2) is 24.3 Å². The maximum atomic E-state index is 11.9. The molecule has 20 heavy (non-hydrogen) atoms. The quantitative estimate of drug-likeness (QED) is 0.837. The zero-order valence-electron chi connectivity index (χ0n) is 12.0. The van der Waals surface area contributed by atoms with Gasteiger partial charge in [0.1, 0.15) is 0 Å². The van der Waals surface area contributed by atoms with E-state index in [1.807, 2.05) is 24.3 Å². The smallest absolute Gasteiger partial charge is 0.223 e. The van der Waals surface area contributed by atoms with E-state index in [2.05, 4.69) is 5.32 Å². The molecule has 1 saturated carbocycles. The second-order valence-electron chi connectivity index (χ2n) is 5.63. The number of aliphatic hydroxyl groups is 1. The second kappa shape index (κ2) is 6.86. The third kappa shape index (κ3) is 4.32. The third-order valence-corrected chi connectivity index (χ3v) is 3.85. The van der Waals surface area contributed by atoms with Crippen molar-refractivity contribution in [2.24, 2.45) is 0 Å². The lowest BCUT2D eigenvalue weighted by Gasteiger charge is -2.21. The molecule has 4 heteroatoms. The molecular formula is C16H23NO3. The molecule has 0 heterocycles. The van der Waals surface area contributed by atoms with Crippen molar-refractivity contribution >= 4 is 5.91 Å². The average molecular weight is 277 g/mol. The average Bonchev–Trinajstić information content (AvgIpc) is 2.85. The Morgan fingerprint density at radius 2 is 1.85 bits per heavy atom. The number of nitrogens with one attached hydrogen (secondary N) is 1. The minimum absolute atomic E-state index is 0.0737. The van der Waals surface area contributed by atoms with Crippen molar-refractivity contribution in [2.75, 3.05) is 7.11 Å². The van der Waals surface area contributed by atoms with E-state index in [0.717, 1.165) is 36.8 Å². The molecule has 0 aromatic heterocycles. The predicted octanol–water partition coefficient (Wildman–Crippen LogP) is 2.14. The van der Waals surface area contributed by atoms with E-state index < -0.39 is 5.60 Å². The van der Waals surface area contributed by atoms with Crippen molar-refractivity contribution in [3.8, 4) is 0 Å². The molecule has 1 fully saturated rings. The SMILES string of the molecule is COCc1ccc(CNC(=O)CC2(O)CCCC2)cc1. The maximum absolute atomic E-state index is 11.9. The molecule has 4 nitrogen and oxygen atoms in total. The summed E-state index contributed by atoms with van der Waals surface area (Å²) < 4.78 is 5.05. The zero-order valence-corrected chi connectivity index (χ0v) is 12.0. The van der Waals surface area contributed by atoms with Gasteiger partial charge in [-0.1, -0.05) is 37.1 Å². The molecular weight excluding hydrogens is 254 g/mol. The van der Waals surface area contributed by atoms with Gasteiger partial charge >= 0.3 is 0 Å². The number of carbonyl (C=O) groups excluding carboxylic acids is 1. The Balaban J connectivity index is 1.78. The number of hydrogen-bond donors (Lipinski definition) is 2. The standard InChI is InChI=1S/C16H23NO3/c1-20-12-14-6-4-13(5-7-14)11-17-15(18)10-16(19)8-2-3-9-16/h4-7,19H,2-3,8-12H2,1H3,(H,17,18). The van der Waals surface area contributed by atoms with Crippen LogP contribution >= 0.6 is 0 Å². The largest absolute Gasteiger partial charge is 0.389 e. The van der Waals surface area contributed by atoms with Crippen LogP contribution in [0, 0.1) is 0 Å². The van der Waals surface area contributed by atoms with E-state index in [0.29, 0.717) is 13.2 Å². The Hall–Kier alpha value is -1.39. The fourth-order valence-electron chi connectivity index (χ4n) is 2.69. The summed E-state index contributed by atoms with van der Waals surface area (Å²) in [5.41, 5.74) is 1.39. The minimum atomic E-state index is -0.771. The first-order valence-electron chi connectivity index (χ1n) is 7.17. The van der Waals surface area contributed by atoms with Crippen molar-refractivity contribution in [2.45, 2.75) is 50.9 Å². The molecule has 1 aromatic carbocycles. The van der Waals surface area contributed by atoms with Crippen LogP contribution in [-0.2, 0) is 22.7 Å². The number of ether oxygens (including phenoxy) is 1. The summed E-state index contributed by atoms with van der Waals surface area (Å²) in [5.74, 6) is -0.0737. The summed E-state index contributed by atoms with van der Waals surface area (Å²) in [7, 11) is 1.67. The van der Waals surface area contributed by atoms with E-state index in [-0.39, 0.29) is 12.3 Å².